The number of alkyl halides is 2. The number of anilines is 1. The van der Waals surface area contributed by atoms with Gasteiger partial charge in [-0.3, -0.25) is 9.40 Å². The lowest BCUT2D eigenvalue weighted by atomic mass is 9.77. The number of nitrogens with two attached hydrogens (primary N) is 1. The molecule has 2 aromatic heterocycles. The molecule has 7 nitrogen and oxygen atoms in total. The molecule has 41 heavy (non-hydrogen) atoms. The predicted octanol–water partition coefficient (Wildman–Crippen LogP) is 5.03. The van der Waals surface area contributed by atoms with Crippen molar-refractivity contribution >= 4 is 39.3 Å². The Balaban J connectivity index is 1.64. The number of nitrogens with one attached hydrogen (secondary N) is 1. The average Bonchev–Trinajstić information content (AvgIpc) is 3.17. The van der Waals surface area contributed by atoms with Crippen LogP contribution in [0.3, 0.4) is 0 Å². The minimum atomic E-state index is -2.98. The molecule has 1 aliphatic rings. The number of halogens is 5. The van der Waals surface area contributed by atoms with E-state index in [0.717, 1.165) is 6.07 Å². The lowest BCUT2D eigenvalue weighted by Crippen LogP contribution is -2.50. The van der Waals surface area contributed by atoms with Crippen LogP contribution < -0.4 is 10.5 Å². The molecule has 13 heteroatoms. The minimum Gasteiger partial charge on any atom is -0.377 e. The molecule has 0 saturated heterocycles. The first-order valence-electron chi connectivity index (χ1n) is 12.3. The van der Waals surface area contributed by atoms with Gasteiger partial charge in [0.15, 0.2) is 5.82 Å². The number of aryl methyl sites for hydroxylation is 1. The van der Waals surface area contributed by atoms with E-state index in [1.54, 1.807) is 36.0 Å². The van der Waals surface area contributed by atoms with Gasteiger partial charge in [-0.1, -0.05) is 23.6 Å². The number of hydrogen-bond donors (Lipinski definition) is 3. The zero-order chi connectivity index (χ0) is 29.7. The highest BCUT2D eigenvalue weighted by molar-refractivity contribution is 7.85. The molecule has 5 rings (SSSR count). The van der Waals surface area contributed by atoms with Crippen LogP contribution in [0.4, 0.5) is 23.4 Å². The van der Waals surface area contributed by atoms with Gasteiger partial charge in [0, 0.05) is 30.5 Å². The fourth-order valence-electron chi connectivity index (χ4n) is 5.01. The molecule has 0 amide bonds. The molecule has 1 aliphatic carbocycles. The Kier molecular flexibility index (Phi) is 7.59. The molecule has 0 aliphatic heterocycles. The summed E-state index contributed by atoms with van der Waals surface area (Å²) in [5.41, 5.74) is 7.20. The van der Waals surface area contributed by atoms with E-state index in [1.165, 1.54) is 18.4 Å². The normalized spacial score (nSPS) is 16.9. The van der Waals surface area contributed by atoms with E-state index in [1.807, 2.05) is 0 Å². The highest BCUT2D eigenvalue weighted by atomic mass is 35.5. The van der Waals surface area contributed by atoms with Crippen molar-refractivity contribution in [3.8, 4) is 23.0 Å². The van der Waals surface area contributed by atoms with Gasteiger partial charge in [-0.25, -0.2) is 26.8 Å². The van der Waals surface area contributed by atoms with Crippen LogP contribution in [0.25, 0.3) is 22.0 Å². The van der Waals surface area contributed by atoms with Crippen LogP contribution in [0.5, 0.6) is 0 Å². The summed E-state index contributed by atoms with van der Waals surface area (Å²) in [7, 11) is 0.252. The zero-order valence-electron chi connectivity index (χ0n) is 21.8. The van der Waals surface area contributed by atoms with E-state index in [9.17, 15) is 26.9 Å². The number of hydrogen-bond acceptors (Lipinski definition) is 5. The summed E-state index contributed by atoms with van der Waals surface area (Å²) in [6.45, 7) is 0. The Morgan fingerprint density at radius 2 is 1.83 bits per heavy atom. The summed E-state index contributed by atoms with van der Waals surface area (Å²) < 4.78 is 70.7. The fourth-order valence-corrected chi connectivity index (χ4v) is 5.67. The summed E-state index contributed by atoms with van der Waals surface area (Å²) >= 11 is 6.51. The van der Waals surface area contributed by atoms with Gasteiger partial charge in [0.25, 0.3) is 5.92 Å². The summed E-state index contributed by atoms with van der Waals surface area (Å²) in [4.78, 5) is 4.59. The van der Waals surface area contributed by atoms with E-state index in [2.05, 4.69) is 26.6 Å². The largest absolute Gasteiger partial charge is 0.377 e. The van der Waals surface area contributed by atoms with Gasteiger partial charge < -0.3 is 10.8 Å². The number of aromatic nitrogens is 3. The van der Waals surface area contributed by atoms with Crippen LogP contribution in [0, 0.1) is 23.5 Å². The van der Waals surface area contributed by atoms with Gasteiger partial charge in [-0.2, -0.15) is 5.10 Å². The molecule has 2 atom stereocenters. The highest BCUT2D eigenvalue weighted by Gasteiger charge is 2.55. The van der Waals surface area contributed by atoms with E-state index in [4.69, 9.17) is 17.3 Å². The molecule has 4 N–H and O–H groups in total. The van der Waals surface area contributed by atoms with E-state index in [0.29, 0.717) is 44.1 Å². The molecular weight excluding hydrogens is 582 g/mol. The molecule has 1 saturated carbocycles. The van der Waals surface area contributed by atoms with Gasteiger partial charge in [-0.05, 0) is 48.2 Å². The van der Waals surface area contributed by atoms with Crippen LogP contribution in [0.2, 0.25) is 5.02 Å². The Hall–Kier alpha value is -3.50. The van der Waals surface area contributed by atoms with Gasteiger partial charge in [0.1, 0.15) is 33.9 Å². The SMILES string of the molecule is Cn1nc(NS(C)=O)c2c(Cl)ccc(-c3ccc(C#CC4(O)CC(F)(F)C4)nc3C(N)Cc3cc(F)cc(F)c3)c21. The molecule has 0 bridgehead atoms. The van der Waals surface area contributed by atoms with Crippen molar-refractivity contribution in [1.82, 2.24) is 14.8 Å². The second-order valence-corrected chi connectivity index (χ2v) is 11.6. The maximum atomic E-state index is 13.9. The minimum absolute atomic E-state index is 0.00542. The third kappa shape index (κ3) is 6.08. The van der Waals surface area contributed by atoms with E-state index >= 15 is 0 Å². The topological polar surface area (TPSA) is 106 Å². The Morgan fingerprint density at radius 3 is 2.46 bits per heavy atom. The molecule has 1 fully saturated rings. The monoisotopic (exact) mass is 605 g/mol. The zero-order valence-corrected chi connectivity index (χ0v) is 23.4. The summed E-state index contributed by atoms with van der Waals surface area (Å²) in [5, 5.41) is 15.6. The van der Waals surface area contributed by atoms with E-state index in [-0.39, 0.29) is 12.1 Å². The summed E-state index contributed by atoms with van der Waals surface area (Å²) in [5.74, 6) is 0.955. The van der Waals surface area contributed by atoms with Crippen LogP contribution in [0.1, 0.15) is 35.8 Å². The smallest absolute Gasteiger partial charge is 0.255 e. The predicted molar refractivity (Wildman–Crippen MR) is 150 cm³/mol. The Bertz CT molecular complexity index is 1740. The molecular formula is C28H24ClF4N5O2S. The van der Waals surface area contributed by atoms with Gasteiger partial charge in [0.2, 0.25) is 0 Å². The molecule has 2 heterocycles. The van der Waals surface area contributed by atoms with Crippen molar-refractivity contribution in [2.75, 3.05) is 11.0 Å². The van der Waals surface area contributed by atoms with Gasteiger partial charge >= 0.3 is 0 Å². The third-order valence-electron chi connectivity index (χ3n) is 6.65. The quantitative estimate of drug-likeness (QED) is 0.211. The molecule has 214 valence electrons. The number of aliphatic hydroxyl groups is 1. The molecule has 0 radical (unpaired) electrons. The van der Waals surface area contributed by atoms with Gasteiger partial charge in [0.05, 0.1) is 40.5 Å². The lowest BCUT2D eigenvalue weighted by molar-refractivity contribution is -0.176. The standard InChI is InChI=1S/C28H24ClF4N5O2S/c1-38-25-20(5-6-21(29)23(25)26(36-38)37-41(2)40)19-4-3-18(7-8-27(39)13-28(32,33)14-27)35-24(19)22(34)11-15-9-16(30)12-17(31)10-15/h3-6,9-10,12,22,39H,11,13-14,34H2,1-2H3,(H,36,37). The first kappa shape index (κ1) is 29.0. The summed E-state index contributed by atoms with van der Waals surface area (Å²) in [6, 6.07) is 8.82. The average molecular weight is 606 g/mol. The number of fused-ring (bicyclic) bond motifs is 1. The third-order valence-corrected chi connectivity index (χ3v) is 7.44. The van der Waals surface area contributed by atoms with Crippen LogP contribution in [-0.4, -0.2) is 41.9 Å². The first-order valence-corrected chi connectivity index (χ1v) is 14.3. The number of pyridine rings is 1. The van der Waals surface area contributed by atoms with Crippen molar-refractivity contribution in [2.45, 2.75) is 36.8 Å². The first-order chi connectivity index (χ1) is 19.2. The fraction of sp³-hybridized carbons (Fsp3) is 0.286. The molecule has 2 aromatic carbocycles. The van der Waals surface area contributed by atoms with Crippen molar-refractivity contribution in [3.05, 3.63) is 76.1 Å². The van der Waals surface area contributed by atoms with E-state index < -0.39 is 53.0 Å². The molecule has 4 aromatic rings. The van der Waals surface area contributed by atoms with Crippen molar-refractivity contribution in [2.24, 2.45) is 12.8 Å². The van der Waals surface area contributed by atoms with Crippen LogP contribution >= 0.6 is 11.6 Å². The molecule has 0 spiro atoms. The van der Waals surface area contributed by atoms with Crippen molar-refractivity contribution in [1.29, 1.82) is 0 Å². The second-order valence-electron chi connectivity index (χ2n) is 10.1. The number of nitrogens with zero attached hydrogens (tertiary/aromatic N) is 3. The number of rotatable bonds is 6. The summed E-state index contributed by atoms with van der Waals surface area (Å²) in [6.07, 6.45) is -0.0868. The Morgan fingerprint density at radius 1 is 1.17 bits per heavy atom. The Labute approximate surface area is 240 Å². The van der Waals surface area contributed by atoms with Crippen molar-refractivity contribution in [3.63, 3.8) is 0 Å². The highest BCUT2D eigenvalue weighted by Crippen LogP contribution is 2.45. The number of benzene rings is 2. The van der Waals surface area contributed by atoms with Crippen LogP contribution in [-0.2, 0) is 24.5 Å². The van der Waals surface area contributed by atoms with Gasteiger partial charge in [-0.15, -0.1) is 0 Å². The maximum Gasteiger partial charge on any atom is 0.255 e. The maximum absolute atomic E-state index is 13.9. The van der Waals surface area contributed by atoms with Crippen molar-refractivity contribution < 1.29 is 26.9 Å². The molecule has 2 unspecified atom stereocenters. The van der Waals surface area contributed by atoms with Crippen LogP contribution in [0.15, 0.2) is 42.5 Å². The second kappa shape index (κ2) is 10.7. The lowest BCUT2D eigenvalue weighted by Gasteiger charge is -2.39.